The van der Waals surface area contributed by atoms with Crippen LogP contribution in [-0.2, 0) is 9.84 Å². The van der Waals surface area contributed by atoms with Crippen molar-refractivity contribution in [1.29, 1.82) is 0 Å². The molecule has 2 aromatic carbocycles. The second-order valence-electron chi connectivity index (χ2n) is 7.35. The van der Waals surface area contributed by atoms with Crippen molar-refractivity contribution in [2.45, 2.75) is 12.5 Å². The summed E-state index contributed by atoms with van der Waals surface area (Å²) < 4.78 is 70.7. The number of halogens is 3. The third kappa shape index (κ3) is 3.65. The zero-order valence-corrected chi connectivity index (χ0v) is 16.6. The summed E-state index contributed by atoms with van der Waals surface area (Å²) in [5, 5.41) is 10.9. The van der Waals surface area contributed by atoms with E-state index >= 15 is 0 Å². The van der Waals surface area contributed by atoms with Gasteiger partial charge in [-0.1, -0.05) is 5.10 Å². The number of nitrogens with zero attached hydrogens (tertiary/aromatic N) is 2. The molecule has 1 unspecified atom stereocenters. The Morgan fingerprint density at radius 2 is 1.84 bits per heavy atom. The molecule has 31 heavy (non-hydrogen) atoms. The summed E-state index contributed by atoms with van der Waals surface area (Å²) in [5.74, 6) is -2.05. The first-order valence-electron chi connectivity index (χ1n) is 9.36. The molecule has 1 aliphatic heterocycles. The molecule has 7 nitrogen and oxygen atoms in total. The van der Waals surface area contributed by atoms with Crippen LogP contribution in [0.1, 0.15) is 6.42 Å². The summed E-state index contributed by atoms with van der Waals surface area (Å²) in [6.07, 6.45) is 0.407. The molecule has 1 saturated heterocycles. The first-order chi connectivity index (χ1) is 14.8. The van der Waals surface area contributed by atoms with Crippen molar-refractivity contribution < 1.29 is 26.0 Å². The van der Waals surface area contributed by atoms with E-state index in [-0.39, 0.29) is 45.9 Å². The van der Waals surface area contributed by atoms with Gasteiger partial charge in [-0.25, -0.2) is 21.6 Å². The lowest BCUT2D eigenvalue weighted by Gasteiger charge is -2.06. The van der Waals surface area contributed by atoms with E-state index in [1.165, 1.54) is 24.3 Å². The number of H-pyrrole nitrogens is 1. The lowest BCUT2D eigenvalue weighted by Crippen LogP contribution is -2.20. The number of sulfone groups is 1. The van der Waals surface area contributed by atoms with Crippen LogP contribution in [0.2, 0.25) is 0 Å². The van der Waals surface area contributed by atoms with E-state index in [0.29, 0.717) is 17.7 Å². The van der Waals surface area contributed by atoms with Crippen molar-refractivity contribution in [2.24, 2.45) is 0 Å². The number of aromatic amines is 1. The Labute approximate surface area is 174 Å². The van der Waals surface area contributed by atoms with Crippen LogP contribution in [0.15, 0.2) is 40.8 Å². The molecule has 0 spiro atoms. The Bertz CT molecular complexity index is 1400. The summed E-state index contributed by atoms with van der Waals surface area (Å²) in [6.45, 7) is 0. The van der Waals surface area contributed by atoms with Gasteiger partial charge in [-0.2, -0.15) is 0 Å². The molecule has 1 aliphatic rings. The van der Waals surface area contributed by atoms with Crippen molar-refractivity contribution in [2.75, 3.05) is 16.8 Å². The smallest absolute Gasteiger partial charge is 0.315 e. The van der Waals surface area contributed by atoms with Gasteiger partial charge in [0.15, 0.2) is 9.84 Å². The van der Waals surface area contributed by atoms with Gasteiger partial charge >= 0.3 is 6.01 Å². The highest BCUT2D eigenvalue weighted by Crippen LogP contribution is 2.39. The van der Waals surface area contributed by atoms with Gasteiger partial charge in [0.05, 0.1) is 28.3 Å². The molecule has 2 aromatic heterocycles. The lowest BCUT2D eigenvalue weighted by atomic mass is 10.0. The summed E-state index contributed by atoms with van der Waals surface area (Å²) in [4.78, 5) is 2.90. The molecule has 0 aliphatic carbocycles. The van der Waals surface area contributed by atoms with Gasteiger partial charge in [0.25, 0.3) is 5.89 Å². The van der Waals surface area contributed by atoms with E-state index in [1.807, 2.05) is 0 Å². The van der Waals surface area contributed by atoms with Gasteiger partial charge in [-0.3, -0.25) is 0 Å². The first-order valence-corrected chi connectivity index (χ1v) is 11.2. The van der Waals surface area contributed by atoms with Crippen molar-refractivity contribution in [1.82, 2.24) is 15.2 Å². The quantitative estimate of drug-likeness (QED) is 0.491. The lowest BCUT2D eigenvalue weighted by molar-refractivity contribution is 0.571. The third-order valence-electron chi connectivity index (χ3n) is 5.16. The Morgan fingerprint density at radius 3 is 2.55 bits per heavy atom. The van der Waals surface area contributed by atoms with Gasteiger partial charge in [-0.05, 0) is 42.3 Å². The largest absolute Gasteiger partial charge is 0.403 e. The number of rotatable bonds is 4. The van der Waals surface area contributed by atoms with E-state index in [1.54, 1.807) is 0 Å². The molecule has 4 aromatic rings. The molecule has 1 atom stereocenters. The number of benzene rings is 2. The first kappa shape index (κ1) is 19.6. The minimum Gasteiger partial charge on any atom is -0.403 e. The minimum atomic E-state index is -3.11. The molecule has 3 heterocycles. The van der Waals surface area contributed by atoms with Crippen molar-refractivity contribution >= 4 is 26.8 Å². The molecule has 0 amide bonds. The molecular formula is C20H15F3N4O3S. The van der Waals surface area contributed by atoms with Crippen LogP contribution >= 0.6 is 0 Å². The summed E-state index contributed by atoms with van der Waals surface area (Å²) in [5.41, 5.74) is 1.13. The predicted molar refractivity (Wildman–Crippen MR) is 108 cm³/mol. The Hall–Kier alpha value is -3.34. The van der Waals surface area contributed by atoms with Gasteiger partial charge < -0.3 is 14.7 Å². The Morgan fingerprint density at radius 1 is 1.06 bits per heavy atom. The van der Waals surface area contributed by atoms with Crippen molar-refractivity contribution in [3.05, 3.63) is 53.8 Å². The van der Waals surface area contributed by atoms with E-state index in [4.69, 9.17) is 4.42 Å². The highest BCUT2D eigenvalue weighted by Gasteiger charge is 2.29. The van der Waals surface area contributed by atoms with Gasteiger partial charge in [0.2, 0.25) is 0 Å². The van der Waals surface area contributed by atoms with E-state index in [2.05, 4.69) is 20.5 Å². The molecule has 11 heteroatoms. The topological polar surface area (TPSA) is 101 Å². The van der Waals surface area contributed by atoms with Crippen molar-refractivity contribution in [3.63, 3.8) is 0 Å². The maximum atomic E-state index is 14.4. The van der Waals surface area contributed by atoms with Crippen LogP contribution in [0, 0.1) is 17.5 Å². The zero-order chi connectivity index (χ0) is 21.8. The molecule has 1 fully saturated rings. The van der Waals surface area contributed by atoms with Crippen LogP contribution in [0.5, 0.6) is 0 Å². The summed E-state index contributed by atoms with van der Waals surface area (Å²) >= 11 is 0. The van der Waals surface area contributed by atoms with Gasteiger partial charge in [0.1, 0.15) is 17.5 Å². The molecule has 0 saturated carbocycles. The standard InChI is InChI=1S/C20H15F3N4O3S/c21-11-3-1-10(2-4-11)17-16(14-7-12(22)8-15(23)18(14)25-17)19-26-27-20(30-19)24-13-5-6-31(28,29)9-13/h1-4,7-8,13,25H,5-6,9H2,(H,24,27). The van der Waals surface area contributed by atoms with Crippen molar-refractivity contribution in [3.8, 4) is 22.7 Å². The maximum absolute atomic E-state index is 14.4. The van der Waals surface area contributed by atoms with Crippen LogP contribution in [0.25, 0.3) is 33.6 Å². The third-order valence-corrected chi connectivity index (χ3v) is 6.92. The average molecular weight is 448 g/mol. The summed E-state index contributed by atoms with van der Waals surface area (Å²) in [6, 6.07) is 6.96. The minimum absolute atomic E-state index is 0.00613. The molecular weight excluding hydrogens is 433 g/mol. The highest BCUT2D eigenvalue weighted by molar-refractivity contribution is 7.91. The van der Waals surface area contributed by atoms with E-state index in [0.717, 1.165) is 12.1 Å². The maximum Gasteiger partial charge on any atom is 0.315 e. The van der Waals surface area contributed by atoms with Crippen LogP contribution < -0.4 is 5.32 Å². The van der Waals surface area contributed by atoms with Crippen LogP contribution in [-0.4, -0.2) is 41.1 Å². The molecule has 0 radical (unpaired) electrons. The molecule has 160 valence electrons. The molecule has 5 rings (SSSR count). The van der Waals surface area contributed by atoms with Gasteiger partial charge in [0, 0.05) is 17.5 Å². The number of anilines is 1. The number of aromatic nitrogens is 3. The number of hydrogen-bond donors (Lipinski definition) is 2. The number of fused-ring (bicyclic) bond motifs is 1. The molecule has 2 N–H and O–H groups in total. The SMILES string of the molecule is O=S1(=O)CCC(Nc2nnc(-c3c(-c4ccc(F)cc4)[nH]c4c(F)cc(F)cc34)o2)C1. The Balaban J connectivity index is 1.61. The monoisotopic (exact) mass is 448 g/mol. The highest BCUT2D eigenvalue weighted by atomic mass is 32.2. The fourth-order valence-electron chi connectivity index (χ4n) is 3.74. The number of hydrogen-bond acceptors (Lipinski definition) is 6. The van der Waals surface area contributed by atoms with Crippen LogP contribution in [0.4, 0.5) is 19.2 Å². The second kappa shape index (κ2) is 7.12. The summed E-state index contributed by atoms with van der Waals surface area (Å²) in [7, 11) is -3.11. The second-order valence-corrected chi connectivity index (χ2v) is 9.58. The zero-order valence-electron chi connectivity index (χ0n) is 15.8. The predicted octanol–water partition coefficient (Wildman–Crippen LogP) is 3.90. The molecule has 0 bridgehead atoms. The fourth-order valence-corrected chi connectivity index (χ4v) is 5.41. The van der Waals surface area contributed by atoms with E-state index < -0.39 is 27.3 Å². The Kier molecular flexibility index (Phi) is 4.50. The van der Waals surface area contributed by atoms with Gasteiger partial charge in [-0.15, -0.1) is 5.10 Å². The normalized spacial score (nSPS) is 18.0. The average Bonchev–Trinajstić information content (AvgIpc) is 3.39. The number of nitrogens with one attached hydrogen (secondary N) is 2. The fraction of sp³-hybridized carbons (Fsp3) is 0.200. The van der Waals surface area contributed by atoms with E-state index in [9.17, 15) is 21.6 Å². The van der Waals surface area contributed by atoms with Crippen LogP contribution in [0.3, 0.4) is 0 Å².